The molecule has 0 radical (unpaired) electrons. The Hall–Kier alpha value is -0.280. The summed E-state index contributed by atoms with van der Waals surface area (Å²) in [6, 6.07) is 0. The van der Waals surface area contributed by atoms with Gasteiger partial charge in [-0.2, -0.15) is 0 Å². The van der Waals surface area contributed by atoms with Gasteiger partial charge in [-0.3, -0.25) is 0 Å². The van der Waals surface area contributed by atoms with Crippen molar-refractivity contribution in [3.63, 3.8) is 0 Å². The Kier molecular flexibility index (Phi) is 2.24. The molecule has 2 atom stereocenters. The van der Waals surface area contributed by atoms with Crippen LogP contribution < -0.4 is 5.32 Å². The lowest BCUT2D eigenvalue weighted by Crippen LogP contribution is -2.04. The summed E-state index contributed by atoms with van der Waals surface area (Å²) in [5, 5.41) is 5.23. The van der Waals surface area contributed by atoms with Gasteiger partial charge in [-0.25, -0.2) is 4.98 Å². The first-order valence-electron chi connectivity index (χ1n) is 4.10. The maximum Gasteiger partial charge on any atom is 0.185 e. The van der Waals surface area contributed by atoms with E-state index in [9.17, 15) is 0 Å². The number of hydrogen-bond acceptors (Lipinski definition) is 3. The van der Waals surface area contributed by atoms with Crippen LogP contribution in [0.4, 0.5) is 5.82 Å². The van der Waals surface area contributed by atoms with Crippen LogP contribution in [0.2, 0.25) is 4.47 Å². The van der Waals surface area contributed by atoms with Gasteiger partial charge in [0.05, 0.1) is 0 Å². The second-order valence-electron chi connectivity index (χ2n) is 3.34. The summed E-state index contributed by atoms with van der Waals surface area (Å²) in [5.74, 6) is 2.67. The zero-order chi connectivity index (χ0) is 8.55. The minimum absolute atomic E-state index is 0.612. The number of thiazole rings is 1. The molecule has 12 heavy (non-hydrogen) atoms. The summed E-state index contributed by atoms with van der Waals surface area (Å²) in [4.78, 5) is 4.11. The largest absolute Gasteiger partial charge is 0.369 e. The van der Waals surface area contributed by atoms with Crippen LogP contribution >= 0.6 is 22.9 Å². The molecule has 2 unspecified atom stereocenters. The molecule has 1 heterocycles. The molecule has 1 aliphatic carbocycles. The highest BCUT2D eigenvalue weighted by molar-refractivity contribution is 7.14. The van der Waals surface area contributed by atoms with Crippen molar-refractivity contribution in [2.24, 2.45) is 11.8 Å². The van der Waals surface area contributed by atoms with Crippen LogP contribution in [0.5, 0.6) is 0 Å². The number of nitrogens with zero attached hydrogens (tertiary/aromatic N) is 1. The van der Waals surface area contributed by atoms with Gasteiger partial charge < -0.3 is 5.32 Å². The first-order chi connectivity index (χ1) is 5.75. The number of rotatable bonds is 3. The predicted octanol–water partition coefficient (Wildman–Crippen LogP) is 2.86. The van der Waals surface area contributed by atoms with Crippen molar-refractivity contribution in [1.29, 1.82) is 0 Å². The number of nitrogens with one attached hydrogen (secondary N) is 1. The van der Waals surface area contributed by atoms with Crippen molar-refractivity contribution in [3.8, 4) is 0 Å². The average Bonchev–Trinajstić information content (AvgIpc) is 2.56. The summed E-state index contributed by atoms with van der Waals surface area (Å²) < 4.78 is 0.612. The van der Waals surface area contributed by atoms with Crippen molar-refractivity contribution < 1.29 is 0 Å². The second kappa shape index (κ2) is 3.23. The lowest BCUT2D eigenvalue weighted by Gasteiger charge is -1.99. The van der Waals surface area contributed by atoms with Gasteiger partial charge in [0.2, 0.25) is 0 Å². The molecule has 66 valence electrons. The van der Waals surface area contributed by atoms with E-state index in [-0.39, 0.29) is 0 Å². The Morgan fingerprint density at radius 2 is 2.58 bits per heavy atom. The first-order valence-corrected chi connectivity index (χ1v) is 5.36. The van der Waals surface area contributed by atoms with Crippen LogP contribution in [0.15, 0.2) is 5.38 Å². The van der Waals surface area contributed by atoms with Crippen LogP contribution in [-0.2, 0) is 0 Å². The standard InChI is InChI=1S/C8H11ClN2S/c1-5-2-6(5)3-10-7-4-12-8(9)11-7/h4-6,10H,2-3H2,1H3. The smallest absolute Gasteiger partial charge is 0.185 e. The summed E-state index contributed by atoms with van der Waals surface area (Å²) >= 11 is 7.16. The summed E-state index contributed by atoms with van der Waals surface area (Å²) in [6.07, 6.45) is 1.35. The molecule has 1 fully saturated rings. The molecule has 0 spiro atoms. The Morgan fingerprint density at radius 1 is 1.83 bits per heavy atom. The van der Waals surface area contributed by atoms with Crippen LogP contribution in [0.1, 0.15) is 13.3 Å². The zero-order valence-electron chi connectivity index (χ0n) is 6.88. The third-order valence-electron chi connectivity index (χ3n) is 2.30. The van der Waals surface area contributed by atoms with Gasteiger partial charge in [-0.1, -0.05) is 18.5 Å². The quantitative estimate of drug-likeness (QED) is 0.816. The summed E-state index contributed by atoms with van der Waals surface area (Å²) in [6.45, 7) is 3.32. The molecular weight excluding hydrogens is 192 g/mol. The van der Waals surface area contributed by atoms with Crippen LogP contribution in [0, 0.1) is 11.8 Å². The van der Waals surface area contributed by atoms with Gasteiger partial charge in [-0.05, 0) is 18.3 Å². The molecule has 0 aromatic carbocycles. The van der Waals surface area contributed by atoms with Crippen molar-refractivity contribution in [2.75, 3.05) is 11.9 Å². The first kappa shape index (κ1) is 8.32. The van der Waals surface area contributed by atoms with Gasteiger partial charge in [0.25, 0.3) is 0 Å². The molecule has 4 heteroatoms. The van der Waals surface area contributed by atoms with Crippen molar-refractivity contribution in [3.05, 3.63) is 9.85 Å². The fraction of sp³-hybridized carbons (Fsp3) is 0.625. The molecular formula is C8H11ClN2S. The molecule has 2 rings (SSSR count). The van der Waals surface area contributed by atoms with E-state index in [1.807, 2.05) is 5.38 Å². The van der Waals surface area contributed by atoms with Gasteiger partial charge in [-0.15, -0.1) is 11.3 Å². The van der Waals surface area contributed by atoms with E-state index in [4.69, 9.17) is 11.6 Å². The van der Waals surface area contributed by atoms with E-state index in [1.165, 1.54) is 17.8 Å². The maximum absolute atomic E-state index is 5.69. The fourth-order valence-electron chi connectivity index (χ4n) is 1.25. The van der Waals surface area contributed by atoms with Gasteiger partial charge in [0.15, 0.2) is 4.47 Å². The Bertz CT molecular complexity index is 274. The van der Waals surface area contributed by atoms with Crippen molar-refractivity contribution in [2.45, 2.75) is 13.3 Å². The minimum atomic E-state index is 0.612. The third-order valence-corrected chi connectivity index (χ3v) is 3.28. The molecule has 2 nitrogen and oxygen atoms in total. The number of hydrogen-bond donors (Lipinski definition) is 1. The molecule has 1 aromatic heterocycles. The molecule has 1 N–H and O–H groups in total. The minimum Gasteiger partial charge on any atom is -0.369 e. The lowest BCUT2D eigenvalue weighted by molar-refractivity contribution is 0.785. The third kappa shape index (κ3) is 1.90. The van der Waals surface area contributed by atoms with Crippen molar-refractivity contribution in [1.82, 2.24) is 4.98 Å². The molecule has 1 aliphatic rings. The zero-order valence-corrected chi connectivity index (χ0v) is 8.45. The van der Waals surface area contributed by atoms with E-state index >= 15 is 0 Å². The number of aromatic nitrogens is 1. The number of anilines is 1. The Morgan fingerprint density at radius 3 is 3.08 bits per heavy atom. The predicted molar refractivity (Wildman–Crippen MR) is 52.9 cm³/mol. The average molecular weight is 203 g/mol. The van der Waals surface area contributed by atoms with Crippen LogP contribution in [-0.4, -0.2) is 11.5 Å². The van der Waals surface area contributed by atoms with E-state index < -0.39 is 0 Å². The second-order valence-corrected chi connectivity index (χ2v) is 4.78. The summed E-state index contributed by atoms with van der Waals surface area (Å²) in [7, 11) is 0. The molecule has 1 aromatic rings. The highest BCUT2D eigenvalue weighted by Gasteiger charge is 2.31. The van der Waals surface area contributed by atoms with Gasteiger partial charge in [0.1, 0.15) is 5.82 Å². The molecule has 0 saturated heterocycles. The van der Waals surface area contributed by atoms with Gasteiger partial charge >= 0.3 is 0 Å². The Labute approximate surface area is 81.0 Å². The fourth-order valence-corrected chi connectivity index (χ4v) is 1.97. The van der Waals surface area contributed by atoms with E-state index in [0.29, 0.717) is 4.47 Å². The van der Waals surface area contributed by atoms with Crippen molar-refractivity contribution >= 4 is 28.8 Å². The van der Waals surface area contributed by atoms with Gasteiger partial charge in [0, 0.05) is 11.9 Å². The summed E-state index contributed by atoms with van der Waals surface area (Å²) in [5.41, 5.74) is 0. The molecule has 1 saturated carbocycles. The lowest BCUT2D eigenvalue weighted by atomic mass is 10.3. The van der Waals surface area contributed by atoms with Crippen LogP contribution in [0.3, 0.4) is 0 Å². The molecule has 0 aliphatic heterocycles. The maximum atomic E-state index is 5.69. The highest BCUT2D eigenvalue weighted by atomic mass is 35.5. The molecule has 0 bridgehead atoms. The highest BCUT2D eigenvalue weighted by Crippen LogP contribution is 2.37. The van der Waals surface area contributed by atoms with Crippen LogP contribution in [0.25, 0.3) is 0 Å². The number of halogens is 1. The van der Waals surface area contributed by atoms with E-state index in [2.05, 4.69) is 17.2 Å². The monoisotopic (exact) mass is 202 g/mol. The normalized spacial score (nSPS) is 27.2. The topological polar surface area (TPSA) is 24.9 Å². The van der Waals surface area contributed by atoms with E-state index in [1.54, 1.807) is 0 Å². The van der Waals surface area contributed by atoms with E-state index in [0.717, 1.165) is 24.2 Å². The SMILES string of the molecule is CC1CC1CNc1csc(Cl)n1. The molecule has 0 amide bonds. The Balaban J connectivity index is 1.80.